The number of hydrogen-bond acceptors (Lipinski definition) is 0. The summed E-state index contributed by atoms with van der Waals surface area (Å²) in [4.78, 5) is 0. The van der Waals surface area contributed by atoms with Crippen molar-refractivity contribution in [1.82, 2.24) is 0 Å². The van der Waals surface area contributed by atoms with E-state index in [1.807, 2.05) is 0 Å². The van der Waals surface area contributed by atoms with E-state index in [1.54, 1.807) is 12.1 Å². The first-order chi connectivity index (χ1) is 9.36. The molecule has 2 heteroatoms. The van der Waals surface area contributed by atoms with Gasteiger partial charge in [0.2, 0.25) is 0 Å². The molecule has 2 aromatic rings. The van der Waals surface area contributed by atoms with Gasteiger partial charge in [-0.3, -0.25) is 0 Å². The molecule has 0 aliphatic carbocycles. The average Bonchev–Trinajstić information content (AvgIpc) is 2.40. The maximum absolute atomic E-state index is 12.9. The first-order valence-corrected chi connectivity index (χ1v) is 7.29. The lowest BCUT2D eigenvalue weighted by Gasteiger charge is -2.20. The van der Waals surface area contributed by atoms with Gasteiger partial charge in [-0.15, -0.1) is 11.6 Å². The van der Waals surface area contributed by atoms with E-state index in [0.717, 1.165) is 11.1 Å². The third-order valence-electron chi connectivity index (χ3n) is 3.47. The third kappa shape index (κ3) is 3.83. The summed E-state index contributed by atoms with van der Waals surface area (Å²) < 4.78 is 12.9. The molecule has 0 spiro atoms. The van der Waals surface area contributed by atoms with Gasteiger partial charge in [0, 0.05) is 0 Å². The van der Waals surface area contributed by atoms with Crippen molar-refractivity contribution in [2.24, 2.45) is 0 Å². The monoisotopic (exact) mass is 290 g/mol. The minimum Gasteiger partial charge on any atom is -0.207 e. The molecule has 0 N–H and O–H groups in total. The lowest BCUT2D eigenvalue weighted by Crippen LogP contribution is -2.10. The van der Waals surface area contributed by atoms with Crippen LogP contribution < -0.4 is 0 Å². The highest BCUT2D eigenvalue weighted by molar-refractivity contribution is 6.20. The molecular formula is C18H20ClF. The van der Waals surface area contributed by atoms with E-state index in [2.05, 4.69) is 45.0 Å². The summed E-state index contributed by atoms with van der Waals surface area (Å²) in [6.45, 7) is 6.58. The quantitative estimate of drug-likeness (QED) is 0.641. The minimum atomic E-state index is -0.214. The van der Waals surface area contributed by atoms with Crippen molar-refractivity contribution in [2.45, 2.75) is 38.0 Å². The van der Waals surface area contributed by atoms with Gasteiger partial charge in [0.05, 0.1) is 5.38 Å². The van der Waals surface area contributed by atoms with Crippen LogP contribution in [0.15, 0.2) is 48.5 Å². The maximum Gasteiger partial charge on any atom is 0.123 e. The van der Waals surface area contributed by atoms with Gasteiger partial charge >= 0.3 is 0 Å². The Hall–Kier alpha value is -1.34. The standard InChI is InChI=1S/C18H20ClF/c1-18(2,3)15-8-6-14(7-9-15)17(19)12-13-4-10-16(20)11-5-13/h4-11,17H,12H2,1-3H3. The molecule has 0 nitrogen and oxygen atoms in total. The average molecular weight is 291 g/mol. The molecule has 20 heavy (non-hydrogen) atoms. The molecule has 0 aliphatic heterocycles. The predicted octanol–water partition coefficient (Wildman–Crippen LogP) is 5.65. The zero-order valence-electron chi connectivity index (χ0n) is 12.2. The summed E-state index contributed by atoms with van der Waals surface area (Å²) in [6.07, 6.45) is 0.705. The SMILES string of the molecule is CC(C)(C)c1ccc(C(Cl)Cc2ccc(F)cc2)cc1. The van der Waals surface area contributed by atoms with Crippen molar-refractivity contribution >= 4 is 11.6 Å². The van der Waals surface area contributed by atoms with Gasteiger partial charge < -0.3 is 0 Å². The fourth-order valence-corrected chi connectivity index (χ4v) is 2.46. The number of rotatable bonds is 3. The zero-order valence-corrected chi connectivity index (χ0v) is 12.9. The molecule has 2 rings (SSSR count). The maximum atomic E-state index is 12.9. The normalized spacial score (nSPS) is 13.2. The highest BCUT2D eigenvalue weighted by Gasteiger charge is 2.15. The smallest absolute Gasteiger partial charge is 0.123 e. The van der Waals surface area contributed by atoms with Crippen LogP contribution in [-0.4, -0.2) is 0 Å². The molecule has 0 saturated heterocycles. The van der Waals surface area contributed by atoms with Crippen LogP contribution in [0.1, 0.15) is 42.8 Å². The second kappa shape index (κ2) is 5.97. The van der Waals surface area contributed by atoms with Crippen LogP contribution in [-0.2, 0) is 11.8 Å². The summed E-state index contributed by atoms with van der Waals surface area (Å²) in [5, 5.41) is -0.0884. The van der Waals surface area contributed by atoms with Crippen LogP contribution in [0.25, 0.3) is 0 Å². The molecule has 0 radical (unpaired) electrons. The van der Waals surface area contributed by atoms with Gasteiger partial charge in [-0.1, -0.05) is 57.2 Å². The highest BCUT2D eigenvalue weighted by Crippen LogP contribution is 2.28. The summed E-state index contributed by atoms with van der Waals surface area (Å²) >= 11 is 6.45. The summed E-state index contributed by atoms with van der Waals surface area (Å²) in [5.41, 5.74) is 3.60. The van der Waals surface area contributed by atoms with Gasteiger partial charge in [-0.05, 0) is 40.7 Å². The third-order valence-corrected chi connectivity index (χ3v) is 3.87. The number of alkyl halides is 1. The molecule has 0 aliphatic rings. The highest BCUT2D eigenvalue weighted by atomic mass is 35.5. The van der Waals surface area contributed by atoms with E-state index in [1.165, 1.54) is 17.7 Å². The van der Waals surface area contributed by atoms with E-state index in [4.69, 9.17) is 11.6 Å². The molecular weight excluding hydrogens is 271 g/mol. The molecule has 2 aromatic carbocycles. The number of halogens is 2. The van der Waals surface area contributed by atoms with E-state index in [-0.39, 0.29) is 16.6 Å². The van der Waals surface area contributed by atoms with Crippen molar-refractivity contribution in [1.29, 1.82) is 0 Å². The van der Waals surface area contributed by atoms with Gasteiger partial charge in [0.1, 0.15) is 5.82 Å². The topological polar surface area (TPSA) is 0 Å². The Balaban J connectivity index is 2.09. The Morgan fingerprint density at radius 2 is 1.50 bits per heavy atom. The van der Waals surface area contributed by atoms with Gasteiger partial charge in [0.25, 0.3) is 0 Å². The first-order valence-electron chi connectivity index (χ1n) is 6.85. The second-order valence-corrected chi connectivity index (χ2v) is 6.70. The molecule has 0 fully saturated rings. The number of hydrogen-bond donors (Lipinski definition) is 0. The Morgan fingerprint density at radius 3 is 2.00 bits per heavy atom. The minimum absolute atomic E-state index is 0.0884. The fraction of sp³-hybridized carbons (Fsp3) is 0.333. The number of benzene rings is 2. The molecule has 0 aromatic heterocycles. The molecule has 106 valence electrons. The van der Waals surface area contributed by atoms with Crippen LogP contribution >= 0.6 is 11.6 Å². The Labute approximate surface area is 125 Å². The molecule has 0 heterocycles. The fourth-order valence-electron chi connectivity index (χ4n) is 2.14. The zero-order chi connectivity index (χ0) is 14.8. The Morgan fingerprint density at radius 1 is 0.950 bits per heavy atom. The Bertz CT molecular complexity index is 549. The lowest BCUT2D eigenvalue weighted by atomic mass is 9.86. The van der Waals surface area contributed by atoms with E-state index < -0.39 is 0 Å². The van der Waals surface area contributed by atoms with Crippen molar-refractivity contribution in [3.8, 4) is 0 Å². The predicted molar refractivity (Wildman–Crippen MR) is 83.8 cm³/mol. The van der Waals surface area contributed by atoms with E-state index >= 15 is 0 Å². The van der Waals surface area contributed by atoms with Gasteiger partial charge in [0.15, 0.2) is 0 Å². The molecule has 1 atom stereocenters. The van der Waals surface area contributed by atoms with Crippen LogP contribution in [0, 0.1) is 5.82 Å². The Kier molecular flexibility index (Phi) is 4.49. The van der Waals surface area contributed by atoms with Crippen LogP contribution in [0.3, 0.4) is 0 Å². The molecule has 1 unspecified atom stereocenters. The van der Waals surface area contributed by atoms with Crippen LogP contribution in [0.2, 0.25) is 0 Å². The van der Waals surface area contributed by atoms with Gasteiger partial charge in [-0.25, -0.2) is 4.39 Å². The van der Waals surface area contributed by atoms with Crippen molar-refractivity contribution < 1.29 is 4.39 Å². The second-order valence-electron chi connectivity index (χ2n) is 6.17. The van der Waals surface area contributed by atoms with E-state index in [9.17, 15) is 4.39 Å². The first kappa shape index (κ1) is 15.1. The molecule has 0 amide bonds. The largest absolute Gasteiger partial charge is 0.207 e. The summed E-state index contributed by atoms with van der Waals surface area (Å²) in [5.74, 6) is -0.214. The van der Waals surface area contributed by atoms with Crippen molar-refractivity contribution in [3.63, 3.8) is 0 Å². The lowest BCUT2D eigenvalue weighted by molar-refractivity contribution is 0.590. The summed E-state index contributed by atoms with van der Waals surface area (Å²) in [6, 6.07) is 15.0. The van der Waals surface area contributed by atoms with E-state index in [0.29, 0.717) is 6.42 Å². The molecule has 0 saturated carbocycles. The van der Waals surface area contributed by atoms with Crippen LogP contribution in [0.4, 0.5) is 4.39 Å². The summed E-state index contributed by atoms with van der Waals surface area (Å²) in [7, 11) is 0. The molecule has 0 bridgehead atoms. The van der Waals surface area contributed by atoms with Crippen LogP contribution in [0.5, 0.6) is 0 Å². The van der Waals surface area contributed by atoms with Crippen molar-refractivity contribution in [2.75, 3.05) is 0 Å². The van der Waals surface area contributed by atoms with Gasteiger partial charge in [-0.2, -0.15) is 0 Å². The van der Waals surface area contributed by atoms with Crippen molar-refractivity contribution in [3.05, 3.63) is 71.0 Å².